The molecule has 2 aromatic carbocycles. The van der Waals surface area contributed by atoms with Gasteiger partial charge in [0.05, 0.1) is 28.1 Å². The predicted molar refractivity (Wildman–Crippen MR) is 129 cm³/mol. The van der Waals surface area contributed by atoms with Crippen LogP contribution in [0.25, 0.3) is 11.3 Å². The molecule has 0 spiro atoms. The van der Waals surface area contributed by atoms with Gasteiger partial charge in [-0.15, -0.1) is 5.10 Å². The molecule has 35 heavy (non-hydrogen) atoms. The topological polar surface area (TPSA) is 145 Å². The van der Waals surface area contributed by atoms with E-state index in [-0.39, 0.29) is 16.8 Å². The van der Waals surface area contributed by atoms with Crippen molar-refractivity contribution in [3.05, 3.63) is 105 Å². The summed E-state index contributed by atoms with van der Waals surface area (Å²) >= 11 is 1.13. The molecule has 13 heteroatoms. The number of non-ortho nitro benzene ring substituents is 1. The van der Waals surface area contributed by atoms with E-state index in [2.05, 4.69) is 31.0 Å². The molecule has 0 amide bonds. The van der Waals surface area contributed by atoms with Crippen molar-refractivity contribution in [3.8, 4) is 5.69 Å². The van der Waals surface area contributed by atoms with E-state index in [0.29, 0.717) is 21.5 Å². The molecule has 0 unspecified atom stereocenters. The van der Waals surface area contributed by atoms with E-state index in [1.54, 1.807) is 29.1 Å². The van der Waals surface area contributed by atoms with Crippen molar-refractivity contribution >= 4 is 35.0 Å². The Morgan fingerprint density at radius 1 is 1.03 bits per heavy atom. The summed E-state index contributed by atoms with van der Waals surface area (Å²) in [5.74, 6) is 0. The number of para-hydroxylation sites is 1. The molecule has 0 aliphatic rings. The Morgan fingerprint density at radius 3 is 2.57 bits per heavy atom. The summed E-state index contributed by atoms with van der Waals surface area (Å²) < 4.78 is 2.96. The van der Waals surface area contributed by atoms with E-state index >= 15 is 0 Å². The van der Waals surface area contributed by atoms with Crippen molar-refractivity contribution in [3.63, 3.8) is 0 Å². The molecule has 5 aromatic rings. The Morgan fingerprint density at radius 2 is 1.80 bits per heavy atom. The quantitative estimate of drug-likeness (QED) is 0.159. The number of benzene rings is 2. The Labute approximate surface area is 201 Å². The third-order valence-electron chi connectivity index (χ3n) is 4.83. The first-order chi connectivity index (χ1) is 17.1. The van der Waals surface area contributed by atoms with Crippen LogP contribution in [0.4, 0.5) is 11.4 Å². The zero-order chi connectivity index (χ0) is 24.2. The highest BCUT2D eigenvalue weighted by molar-refractivity contribution is 7.99. The summed E-state index contributed by atoms with van der Waals surface area (Å²) in [6, 6.07) is 20.3. The third-order valence-corrected chi connectivity index (χ3v) is 5.77. The lowest BCUT2D eigenvalue weighted by Gasteiger charge is -2.08. The van der Waals surface area contributed by atoms with Crippen LogP contribution in [0.5, 0.6) is 0 Å². The number of anilines is 1. The number of hydrogen-bond donors (Lipinski definition) is 1. The average molecular weight is 485 g/mol. The van der Waals surface area contributed by atoms with Crippen molar-refractivity contribution in [1.29, 1.82) is 0 Å². The van der Waals surface area contributed by atoms with Crippen molar-refractivity contribution in [2.24, 2.45) is 5.10 Å². The normalized spacial score (nSPS) is 11.2. The smallest absolute Gasteiger partial charge is 0.269 e. The maximum absolute atomic E-state index is 13.3. The van der Waals surface area contributed by atoms with Crippen LogP contribution < -0.4 is 11.0 Å². The molecule has 3 aromatic heterocycles. The zero-order valence-corrected chi connectivity index (χ0v) is 18.6. The fourth-order valence-electron chi connectivity index (χ4n) is 3.16. The number of nitro benzene ring substituents is 1. The lowest BCUT2D eigenvalue weighted by atomic mass is 10.3. The van der Waals surface area contributed by atoms with Crippen LogP contribution in [0.1, 0.15) is 5.56 Å². The van der Waals surface area contributed by atoms with Gasteiger partial charge in [0.15, 0.2) is 0 Å². The van der Waals surface area contributed by atoms with E-state index < -0.39 is 4.92 Å². The standard InChI is InChI=1S/C22H15N9O3S/c32-21-18(14-23-25-15-9-11-17(12-10-15)31(33)34)20(24-19-8-4-5-13-29(19)21)35-22-26-27-28-30(22)16-6-2-1-3-7-16/h1-14,25H. The molecule has 0 aliphatic heterocycles. The molecule has 0 bridgehead atoms. The summed E-state index contributed by atoms with van der Waals surface area (Å²) in [5.41, 5.74) is 4.36. The highest BCUT2D eigenvalue weighted by Gasteiger charge is 2.17. The highest BCUT2D eigenvalue weighted by Crippen LogP contribution is 2.27. The van der Waals surface area contributed by atoms with Gasteiger partial charge in [-0.2, -0.15) is 9.78 Å². The molecule has 172 valence electrons. The number of nitrogens with zero attached hydrogens (tertiary/aromatic N) is 8. The van der Waals surface area contributed by atoms with Gasteiger partial charge in [-0.25, -0.2) is 4.98 Å². The van der Waals surface area contributed by atoms with Gasteiger partial charge in [0, 0.05) is 18.3 Å². The molecule has 0 saturated carbocycles. The van der Waals surface area contributed by atoms with E-state index in [4.69, 9.17) is 0 Å². The number of pyridine rings is 1. The van der Waals surface area contributed by atoms with Gasteiger partial charge in [-0.05, 0) is 58.6 Å². The molecule has 1 N–H and O–H groups in total. The van der Waals surface area contributed by atoms with Crippen molar-refractivity contribution in [2.45, 2.75) is 10.2 Å². The van der Waals surface area contributed by atoms with E-state index in [0.717, 1.165) is 17.4 Å². The van der Waals surface area contributed by atoms with E-state index in [9.17, 15) is 14.9 Å². The van der Waals surface area contributed by atoms with Crippen LogP contribution in [0.2, 0.25) is 0 Å². The van der Waals surface area contributed by atoms with Crippen LogP contribution in [0.15, 0.2) is 99.1 Å². The fourth-order valence-corrected chi connectivity index (χ4v) is 4.03. The van der Waals surface area contributed by atoms with Gasteiger partial charge in [0.2, 0.25) is 5.16 Å². The van der Waals surface area contributed by atoms with Crippen molar-refractivity contribution in [2.75, 3.05) is 5.43 Å². The molecule has 0 fully saturated rings. The van der Waals surface area contributed by atoms with Gasteiger partial charge < -0.3 is 0 Å². The van der Waals surface area contributed by atoms with Crippen LogP contribution >= 0.6 is 11.8 Å². The molecule has 0 aliphatic carbocycles. The van der Waals surface area contributed by atoms with Gasteiger partial charge >= 0.3 is 0 Å². The SMILES string of the molecule is O=c1c(C=NNc2ccc([N+](=O)[O-])cc2)c(Sc2nnnn2-c2ccccc2)nc2ccccn12. The number of hydrogen-bond acceptors (Lipinski definition) is 10. The molecule has 0 saturated heterocycles. The van der Waals surface area contributed by atoms with Gasteiger partial charge in [-0.1, -0.05) is 24.3 Å². The van der Waals surface area contributed by atoms with Gasteiger partial charge in [0.1, 0.15) is 10.7 Å². The number of aromatic nitrogens is 6. The summed E-state index contributed by atoms with van der Waals surface area (Å²) in [6.07, 6.45) is 2.98. The number of nitro groups is 1. The number of hydrazone groups is 1. The van der Waals surface area contributed by atoms with Gasteiger partial charge in [0.25, 0.3) is 11.2 Å². The lowest BCUT2D eigenvalue weighted by Crippen LogP contribution is -2.21. The number of rotatable bonds is 7. The van der Waals surface area contributed by atoms with Crippen molar-refractivity contribution < 1.29 is 4.92 Å². The maximum Gasteiger partial charge on any atom is 0.269 e. The molecule has 12 nitrogen and oxygen atoms in total. The Hall–Kier alpha value is -4.91. The van der Waals surface area contributed by atoms with Gasteiger partial charge in [-0.3, -0.25) is 24.7 Å². The first kappa shape index (κ1) is 21.9. The minimum Gasteiger partial charge on any atom is -0.278 e. The van der Waals surface area contributed by atoms with E-state index in [1.807, 2.05) is 30.3 Å². The molecule has 0 radical (unpaired) electrons. The average Bonchev–Trinajstić information content (AvgIpc) is 3.35. The molecular formula is C22H15N9O3S. The largest absolute Gasteiger partial charge is 0.278 e. The first-order valence-electron chi connectivity index (χ1n) is 10.2. The van der Waals surface area contributed by atoms with E-state index in [1.165, 1.54) is 34.9 Å². The summed E-state index contributed by atoms with van der Waals surface area (Å²) in [7, 11) is 0. The molecule has 3 heterocycles. The number of fused-ring (bicyclic) bond motifs is 1. The summed E-state index contributed by atoms with van der Waals surface area (Å²) in [5, 5.41) is 27.7. The summed E-state index contributed by atoms with van der Waals surface area (Å²) in [4.78, 5) is 28.2. The zero-order valence-electron chi connectivity index (χ0n) is 17.8. The third kappa shape index (κ3) is 4.60. The second-order valence-corrected chi connectivity index (χ2v) is 8.01. The van der Waals surface area contributed by atoms with Crippen LogP contribution in [0, 0.1) is 10.1 Å². The monoisotopic (exact) mass is 485 g/mol. The van der Waals surface area contributed by atoms with Crippen LogP contribution in [0.3, 0.4) is 0 Å². The highest BCUT2D eigenvalue weighted by atomic mass is 32.2. The first-order valence-corrected chi connectivity index (χ1v) is 11.0. The maximum atomic E-state index is 13.3. The van der Waals surface area contributed by atoms with Crippen molar-refractivity contribution in [1.82, 2.24) is 29.6 Å². The second kappa shape index (κ2) is 9.52. The molecular weight excluding hydrogens is 470 g/mol. The second-order valence-electron chi connectivity index (χ2n) is 7.05. The van der Waals surface area contributed by atoms with Crippen LogP contribution in [-0.4, -0.2) is 40.7 Å². The lowest BCUT2D eigenvalue weighted by molar-refractivity contribution is -0.384. The Balaban J connectivity index is 1.51. The molecule has 0 atom stereocenters. The van der Waals surface area contributed by atoms with Crippen LogP contribution in [-0.2, 0) is 0 Å². The predicted octanol–water partition coefficient (Wildman–Crippen LogP) is 3.18. The summed E-state index contributed by atoms with van der Waals surface area (Å²) in [6.45, 7) is 0. The number of tetrazole rings is 1. The number of nitrogens with one attached hydrogen (secondary N) is 1. The minimum absolute atomic E-state index is 0.0358. The Kier molecular flexibility index (Phi) is 5.96. The Bertz CT molecular complexity index is 1600. The molecule has 5 rings (SSSR count). The fraction of sp³-hybridized carbons (Fsp3) is 0. The minimum atomic E-state index is -0.485.